The van der Waals surface area contributed by atoms with Crippen LogP contribution < -0.4 is 10.6 Å². The van der Waals surface area contributed by atoms with E-state index in [1.54, 1.807) is 13.3 Å². The molecule has 2 amide bonds. The largest absolute Gasteiger partial charge is 0.381 e. The second-order valence-electron chi connectivity index (χ2n) is 6.89. The Morgan fingerprint density at radius 2 is 2.24 bits per heavy atom. The van der Waals surface area contributed by atoms with Crippen molar-refractivity contribution in [3.05, 3.63) is 11.9 Å². The summed E-state index contributed by atoms with van der Waals surface area (Å²) in [6.07, 6.45) is 5.35. The van der Waals surface area contributed by atoms with Crippen LogP contribution in [0, 0.1) is 0 Å². The van der Waals surface area contributed by atoms with Crippen LogP contribution in [0.25, 0.3) is 0 Å². The third-order valence-corrected chi connectivity index (χ3v) is 5.11. The molecule has 3 N–H and O–H groups in total. The Morgan fingerprint density at radius 3 is 3.00 bits per heavy atom. The molecule has 8 heteroatoms. The van der Waals surface area contributed by atoms with Gasteiger partial charge < -0.3 is 20.3 Å². The van der Waals surface area contributed by atoms with Crippen LogP contribution in [0.4, 0.5) is 5.69 Å². The van der Waals surface area contributed by atoms with Gasteiger partial charge in [0.15, 0.2) is 0 Å². The normalized spacial score (nSPS) is 27.1. The second-order valence-corrected chi connectivity index (χ2v) is 6.89. The van der Waals surface area contributed by atoms with E-state index in [1.807, 2.05) is 4.90 Å². The molecule has 3 rings (SSSR count). The summed E-state index contributed by atoms with van der Waals surface area (Å²) in [4.78, 5) is 26.2. The van der Waals surface area contributed by atoms with Crippen LogP contribution in [0.5, 0.6) is 0 Å². The number of hydrogen-bond acceptors (Lipinski definition) is 5. The van der Waals surface area contributed by atoms with E-state index < -0.39 is 0 Å². The topological polar surface area (TPSA) is 99.3 Å². The minimum Gasteiger partial charge on any atom is -0.381 e. The number of H-pyrrole nitrogens is 1. The maximum Gasteiger partial charge on any atom is 0.239 e. The zero-order valence-electron chi connectivity index (χ0n) is 14.9. The van der Waals surface area contributed by atoms with Crippen LogP contribution in [0.15, 0.2) is 6.20 Å². The van der Waals surface area contributed by atoms with E-state index in [0.717, 1.165) is 44.5 Å². The van der Waals surface area contributed by atoms with Crippen molar-refractivity contribution in [3.8, 4) is 0 Å². The quantitative estimate of drug-likeness (QED) is 0.748. The van der Waals surface area contributed by atoms with Gasteiger partial charge in [0.2, 0.25) is 11.8 Å². The zero-order chi connectivity index (χ0) is 17.8. The van der Waals surface area contributed by atoms with Crippen molar-refractivity contribution in [1.82, 2.24) is 20.4 Å². The number of ether oxygens (including phenoxy) is 1. The summed E-state index contributed by atoms with van der Waals surface area (Å²) in [6.45, 7) is 3.70. The summed E-state index contributed by atoms with van der Waals surface area (Å²) < 4.78 is 5.43. The molecule has 25 heavy (non-hydrogen) atoms. The van der Waals surface area contributed by atoms with Crippen molar-refractivity contribution in [2.75, 3.05) is 32.1 Å². The molecule has 8 nitrogen and oxygen atoms in total. The van der Waals surface area contributed by atoms with Gasteiger partial charge in [-0.1, -0.05) is 0 Å². The van der Waals surface area contributed by atoms with E-state index >= 15 is 0 Å². The van der Waals surface area contributed by atoms with Gasteiger partial charge in [0.25, 0.3) is 0 Å². The number of nitrogens with zero attached hydrogens (tertiary/aromatic N) is 2. The van der Waals surface area contributed by atoms with E-state index in [1.165, 1.54) is 6.92 Å². The van der Waals surface area contributed by atoms with Gasteiger partial charge in [-0.25, -0.2) is 0 Å². The molecule has 1 aromatic rings. The number of hydrogen-bond donors (Lipinski definition) is 3. The molecule has 0 aromatic carbocycles. The van der Waals surface area contributed by atoms with Crippen LogP contribution in [0.2, 0.25) is 0 Å². The molecule has 3 unspecified atom stereocenters. The fraction of sp³-hybridized carbons (Fsp3) is 0.706. The predicted octanol–water partition coefficient (Wildman–Crippen LogP) is 0.841. The van der Waals surface area contributed by atoms with Crippen LogP contribution in [0.3, 0.4) is 0 Å². The van der Waals surface area contributed by atoms with Gasteiger partial charge in [0.05, 0.1) is 29.7 Å². The maximum atomic E-state index is 12.9. The molecular weight excluding hydrogens is 322 g/mol. The lowest BCUT2D eigenvalue weighted by atomic mass is 9.92. The van der Waals surface area contributed by atoms with Crippen LogP contribution in [-0.2, 0) is 14.3 Å². The number of carbonyl (C=O) groups excluding carboxylic acids is 2. The molecule has 2 saturated heterocycles. The Labute approximate surface area is 147 Å². The van der Waals surface area contributed by atoms with Gasteiger partial charge >= 0.3 is 0 Å². The molecule has 2 aliphatic rings. The molecule has 0 spiro atoms. The summed E-state index contributed by atoms with van der Waals surface area (Å²) in [5, 5.41) is 13.2. The number of methoxy groups -OCH3 is 1. The summed E-state index contributed by atoms with van der Waals surface area (Å²) in [6, 6.07) is -0.172. The van der Waals surface area contributed by atoms with E-state index in [2.05, 4.69) is 20.8 Å². The summed E-state index contributed by atoms with van der Waals surface area (Å²) in [5.41, 5.74) is 1.61. The van der Waals surface area contributed by atoms with Crippen molar-refractivity contribution >= 4 is 17.5 Å². The number of aromatic nitrogens is 2. The molecule has 3 heterocycles. The first-order valence-corrected chi connectivity index (χ1v) is 8.94. The molecule has 0 aliphatic carbocycles. The first-order valence-electron chi connectivity index (χ1n) is 8.94. The smallest absolute Gasteiger partial charge is 0.239 e. The molecule has 0 radical (unpaired) electrons. The molecule has 1 aromatic heterocycles. The Hall–Kier alpha value is -1.93. The minimum absolute atomic E-state index is 0.122. The molecule has 3 atom stereocenters. The molecule has 2 aliphatic heterocycles. The van der Waals surface area contributed by atoms with Gasteiger partial charge in [-0.05, 0) is 32.2 Å². The van der Waals surface area contributed by atoms with E-state index in [4.69, 9.17) is 4.74 Å². The molecular formula is C17H27N5O3. The van der Waals surface area contributed by atoms with E-state index in [-0.39, 0.29) is 29.9 Å². The molecule has 0 bridgehead atoms. The molecule has 2 fully saturated rings. The van der Waals surface area contributed by atoms with Crippen molar-refractivity contribution in [1.29, 1.82) is 0 Å². The Bertz CT molecular complexity index is 617. The average molecular weight is 349 g/mol. The lowest BCUT2D eigenvalue weighted by Gasteiger charge is -2.37. The van der Waals surface area contributed by atoms with Crippen molar-refractivity contribution in [2.45, 2.75) is 50.7 Å². The van der Waals surface area contributed by atoms with Crippen molar-refractivity contribution < 1.29 is 14.3 Å². The highest BCUT2D eigenvalue weighted by Crippen LogP contribution is 2.31. The Balaban J connectivity index is 1.66. The minimum atomic E-state index is -0.172. The van der Waals surface area contributed by atoms with Gasteiger partial charge in [0.1, 0.15) is 0 Å². The lowest BCUT2D eigenvalue weighted by Crippen LogP contribution is -2.53. The van der Waals surface area contributed by atoms with Crippen LogP contribution in [0.1, 0.15) is 44.2 Å². The Morgan fingerprint density at radius 1 is 1.40 bits per heavy atom. The maximum absolute atomic E-state index is 12.9. The highest BCUT2D eigenvalue weighted by atomic mass is 16.5. The number of likely N-dealkylation sites (tertiary alicyclic amines) is 1. The number of rotatable bonds is 4. The second kappa shape index (κ2) is 7.97. The number of amides is 2. The standard InChI is InChI=1S/C17H27N5O3/c1-11(23)20-15-9-19-21-16(15)12-4-3-7-22(10-12)17(24)14-8-13(25-2)5-6-18-14/h9,12-14,18H,3-8,10H2,1-2H3,(H,19,21)(H,20,23). The third-order valence-electron chi connectivity index (χ3n) is 5.11. The Kier molecular flexibility index (Phi) is 5.70. The van der Waals surface area contributed by atoms with Crippen molar-refractivity contribution in [2.24, 2.45) is 0 Å². The third kappa shape index (κ3) is 4.19. The summed E-state index contributed by atoms with van der Waals surface area (Å²) >= 11 is 0. The first-order chi connectivity index (χ1) is 12.1. The summed E-state index contributed by atoms with van der Waals surface area (Å²) in [5.74, 6) is 0.180. The number of carbonyl (C=O) groups is 2. The van der Waals surface area contributed by atoms with Crippen LogP contribution in [-0.4, -0.2) is 65.8 Å². The average Bonchev–Trinajstić information content (AvgIpc) is 3.08. The molecule has 138 valence electrons. The first kappa shape index (κ1) is 17.9. The predicted molar refractivity (Wildman–Crippen MR) is 93.3 cm³/mol. The van der Waals surface area contributed by atoms with Crippen molar-refractivity contribution in [3.63, 3.8) is 0 Å². The number of aromatic amines is 1. The number of anilines is 1. The fourth-order valence-electron chi connectivity index (χ4n) is 3.81. The SMILES string of the molecule is COC1CCNC(C(=O)N2CCCC(c3[nH]ncc3NC(C)=O)C2)C1. The zero-order valence-corrected chi connectivity index (χ0v) is 14.9. The monoisotopic (exact) mass is 349 g/mol. The van der Waals surface area contributed by atoms with Gasteiger partial charge in [-0.15, -0.1) is 0 Å². The van der Waals surface area contributed by atoms with Gasteiger partial charge in [-0.3, -0.25) is 14.7 Å². The highest BCUT2D eigenvalue weighted by Gasteiger charge is 2.33. The van der Waals surface area contributed by atoms with Crippen LogP contribution >= 0.6 is 0 Å². The number of piperidine rings is 2. The van der Waals surface area contributed by atoms with E-state index in [0.29, 0.717) is 12.2 Å². The molecule has 0 saturated carbocycles. The number of nitrogens with one attached hydrogen (secondary N) is 3. The van der Waals surface area contributed by atoms with Gasteiger partial charge in [0, 0.05) is 33.0 Å². The fourth-order valence-corrected chi connectivity index (χ4v) is 3.81. The lowest BCUT2D eigenvalue weighted by molar-refractivity contribution is -0.136. The summed E-state index contributed by atoms with van der Waals surface area (Å²) in [7, 11) is 1.70. The van der Waals surface area contributed by atoms with Gasteiger partial charge in [-0.2, -0.15) is 5.10 Å². The highest BCUT2D eigenvalue weighted by molar-refractivity contribution is 5.89. The van der Waals surface area contributed by atoms with E-state index in [9.17, 15) is 9.59 Å².